The topological polar surface area (TPSA) is 49.7 Å². The van der Waals surface area contributed by atoms with Gasteiger partial charge >= 0.3 is 12.1 Å². The van der Waals surface area contributed by atoms with Gasteiger partial charge in [-0.3, -0.25) is 0 Å². The number of hydrogen-bond donors (Lipinski definition) is 0. The highest BCUT2D eigenvalue weighted by Gasteiger charge is 2.31. The van der Waals surface area contributed by atoms with Crippen LogP contribution in [0.15, 0.2) is 48.5 Å². The zero-order valence-corrected chi connectivity index (χ0v) is 16.1. The number of esters is 1. The Morgan fingerprint density at radius 3 is 2.48 bits per heavy atom. The Labute approximate surface area is 165 Å². The van der Waals surface area contributed by atoms with E-state index in [2.05, 4.69) is 0 Å². The lowest BCUT2D eigenvalue weighted by Crippen LogP contribution is -2.19. The summed E-state index contributed by atoms with van der Waals surface area (Å²) in [7, 11) is 1.26. The smallest absolute Gasteiger partial charge is 0.416 e. The third-order valence-corrected chi connectivity index (χ3v) is 4.17. The molecule has 0 aliphatic carbocycles. The maximum atomic E-state index is 13.1. The number of methoxy groups -OCH3 is 1. The average molecular weight is 407 g/mol. The van der Waals surface area contributed by atoms with Crippen LogP contribution in [0.2, 0.25) is 0 Å². The van der Waals surface area contributed by atoms with Crippen LogP contribution in [0.3, 0.4) is 0 Å². The number of alkyl halides is 3. The summed E-state index contributed by atoms with van der Waals surface area (Å²) < 4.78 is 50.8. The average Bonchev–Trinajstić information content (AvgIpc) is 3.03. The fraction of sp³-hybridized carbons (Fsp3) is 0.286. The molecule has 154 valence electrons. The molecule has 8 heteroatoms. The van der Waals surface area contributed by atoms with Crippen LogP contribution < -0.4 is 9.57 Å². The normalized spacial score (nSPS) is 11.7. The van der Waals surface area contributed by atoms with Crippen molar-refractivity contribution in [3.8, 4) is 5.75 Å². The number of ether oxygens (including phenoxy) is 2. The summed E-state index contributed by atoms with van der Waals surface area (Å²) in [6.45, 7) is 3.34. The molecule has 29 heavy (non-hydrogen) atoms. The van der Waals surface area contributed by atoms with Crippen molar-refractivity contribution >= 4 is 16.9 Å². The van der Waals surface area contributed by atoms with Crippen molar-refractivity contribution in [1.29, 1.82) is 0 Å². The van der Waals surface area contributed by atoms with E-state index in [-0.39, 0.29) is 24.2 Å². The van der Waals surface area contributed by atoms with Gasteiger partial charge < -0.3 is 14.3 Å². The van der Waals surface area contributed by atoms with E-state index in [1.54, 1.807) is 32.0 Å². The number of rotatable bonds is 6. The Morgan fingerprint density at radius 2 is 1.83 bits per heavy atom. The molecule has 3 rings (SSSR count). The summed E-state index contributed by atoms with van der Waals surface area (Å²) in [5.41, 5.74) is 0.414. The SMILES string of the molecule is COC(=O)c1cc2ccccc2n1OCc1ccc(C(F)(F)F)cc1OC(C)C. The highest BCUT2D eigenvalue weighted by molar-refractivity contribution is 5.95. The van der Waals surface area contributed by atoms with E-state index in [4.69, 9.17) is 14.3 Å². The molecule has 0 aliphatic heterocycles. The first-order valence-corrected chi connectivity index (χ1v) is 8.89. The van der Waals surface area contributed by atoms with Crippen LogP contribution in [0.5, 0.6) is 5.75 Å². The van der Waals surface area contributed by atoms with Gasteiger partial charge in [0.25, 0.3) is 0 Å². The summed E-state index contributed by atoms with van der Waals surface area (Å²) >= 11 is 0. The molecule has 0 spiro atoms. The molecule has 1 aromatic heterocycles. The first-order valence-electron chi connectivity index (χ1n) is 8.89. The van der Waals surface area contributed by atoms with Gasteiger partial charge in [0.05, 0.1) is 24.3 Å². The molecule has 0 N–H and O–H groups in total. The molecular weight excluding hydrogens is 387 g/mol. The van der Waals surface area contributed by atoms with E-state index in [1.807, 2.05) is 12.1 Å². The number of nitrogens with zero attached hydrogens (tertiary/aromatic N) is 1. The lowest BCUT2D eigenvalue weighted by Gasteiger charge is -2.18. The van der Waals surface area contributed by atoms with Gasteiger partial charge in [0.1, 0.15) is 12.4 Å². The number of carbonyl (C=O) groups excluding carboxylic acids is 1. The number of aromatic nitrogens is 1. The molecule has 3 aromatic rings. The van der Waals surface area contributed by atoms with Gasteiger partial charge in [0.2, 0.25) is 0 Å². The van der Waals surface area contributed by atoms with Crippen molar-refractivity contribution in [2.45, 2.75) is 32.7 Å². The van der Waals surface area contributed by atoms with Crippen LogP contribution in [-0.2, 0) is 17.5 Å². The zero-order valence-electron chi connectivity index (χ0n) is 16.1. The standard InChI is InChI=1S/C21H20F3NO4/c1-13(2)29-19-11-16(21(22,23)24)9-8-15(19)12-28-25-17-7-5-4-6-14(17)10-18(25)20(26)27-3/h4-11,13H,12H2,1-3H3. The third kappa shape index (κ3) is 4.47. The summed E-state index contributed by atoms with van der Waals surface area (Å²) in [6.07, 6.45) is -4.81. The van der Waals surface area contributed by atoms with Crippen LogP contribution in [0.25, 0.3) is 10.9 Å². The van der Waals surface area contributed by atoms with Gasteiger partial charge in [-0.2, -0.15) is 17.9 Å². The van der Waals surface area contributed by atoms with E-state index in [9.17, 15) is 18.0 Å². The molecule has 0 aliphatic rings. The van der Waals surface area contributed by atoms with Crippen LogP contribution in [0.4, 0.5) is 13.2 Å². The monoisotopic (exact) mass is 407 g/mol. The minimum absolute atomic E-state index is 0.0749. The largest absolute Gasteiger partial charge is 0.491 e. The van der Waals surface area contributed by atoms with Crippen LogP contribution in [0, 0.1) is 0 Å². The first kappa shape index (κ1) is 20.6. The van der Waals surface area contributed by atoms with E-state index in [1.165, 1.54) is 17.9 Å². The van der Waals surface area contributed by atoms with Crippen molar-refractivity contribution in [1.82, 2.24) is 4.73 Å². The molecular formula is C21H20F3NO4. The second-order valence-corrected chi connectivity index (χ2v) is 6.63. The van der Waals surface area contributed by atoms with E-state index >= 15 is 0 Å². The Balaban J connectivity index is 1.96. The summed E-state index contributed by atoms with van der Waals surface area (Å²) in [6, 6.07) is 12.0. The summed E-state index contributed by atoms with van der Waals surface area (Å²) in [5.74, 6) is -0.516. The first-order chi connectivity index (χ1) is 13.7. The van der Waals surface area contributed by atoms with E-state index in [0.717, 1.165) is 17.5 Å². The summed E-state index contributed by atoms with van der Waals surface area (Å²) in [5, 5.41) is 0.763. The minimum atomic E-state index is -4.48. The van der Waals surface area contributed by atoms with Crippen molar-refractivity contribution in [3.63, 3.8) is 0 Å². The molecule has 0 fully saturated rings. The molecule has 5 nitrogen and oxygen atoms in total. The lowest BCUT2D eigenvalue weighted by atomic mass is 10.1. The predicted octanol–water partition coefficient (Wildman–Crippen LogP) is 4.86. The molecule has 2 aromatic carbocycles. The third-order valence-electron chi connectivity index (χ3n) is 4.17. The van der Waals surface area contributed by atoms with Gasteiger partial charge in [0, 0.05) is 10.9 Å². The van der Waals surface area contributed by atoms with Crippen LogP contribution in [0.1, 0.15) is 35.5 Å². The number of halogens is 3. The Bertz CT molecular complexity index is 1020. The number of carbonyl (C=O) groups is 1. The lowest BCUT2D eigenvalue weighted by molar-refractivity contribution is -0.137. The van der Waals surface area contributed by atoms with Crippen molar-refractivity contribution in [2.75, 3.05) is 7.11 Å². The second-order valence-electron chi connectivity index (χ2n) is 6.63. The molecule has 0 unspecified atom stereocenters. The molecule has 0 bridgehead atoms. The molecule has 0 atom stereocenters. The summed E-state index contributed by atoms with van der Waals surface area (Å²) in [4.78, 5) is 17.9. The minimum Gasteiger partial charge on any atom is -0.491 e. The van der Waals surface area contributed by atoms with Gasteiger partial charge in [-0.1, -0.05) is 24.3 Å². The van der Waals surface area contributed by atoms with Crippen molar-refractivity contribution < 1.29 is 32.3 Å². The van der Waals surface area contributed by atoms with E-state index < -0.39 is 17.7 Å². The highest BCUT2D eigenvalue weighted by Crippen LogP contribution is 2.33. The fourth-order valence-corrected chi connectivity index (χ4v) is 2.86. The van der Waals surface area contributed by atoms with Crippen LogP contribution in [-0.4, -0.2) is 23.9 Å². The quantitative estimate of drug-likeness (QED) is 0.548. The highest BCUT2D eigenvalue weighted by atomic mass is 19.4. The zero-order chi connectivity index (χ0) is 21.2. The fourth-order valence-electron chi connectivity index (χ4n) is 2.86. The molecule has 0 saturated carbocycles. The maximum Gasteiger partial charge on any atom is 0.416 e. The Kier molecular flexibility index (Phi) is 5.72. The molecule has 0 amide bonds. The predicted molar refractivity (Wildman–Crippen MR) is 101 cm³/mol. The number of para-hydroxylation sites is 1. The number of hydrogen-bond acceptors (Lipinski definition) is 4. The maximum absolute atomic E-state index is 13.1. The number of fused-ring (bicyclic) bond motifs is 1. The molecule has 0 saturated heterocycles. The van der Waals surface area contributed by atoms with Gasteiger partial charge in [-0.15, -0.1) is 0 Å². The second kappa shape index (κ2) is 8.06. The van der Waals surface area contributed by atoms with Crippen molar-refractivity contribution in [2.24, 2.45) is 0 Å². The Hall–Kier alpha value is -3.16. The van der Waals surface area contributed by atoms with Crippen LogP contribution >= 0.6 is 0 Å². The van der Waals surface area contributed by atoms with Gasteiger partial charge in [-0.25, -0.2) is 4.79 Å². The molecule has 1 heterocycles. The van der Waals surface area contributed by atoms with Gasteiger partial charge in [0.15, 0.2) is 5.69 Å². The van der Waals surface area contributed by atoms with Crippen molar-refractivity contribution in [3.05, 3.63) is 65.4 Å². The van der Waals surface area contributed by atoms with E-state index in [0.29, 0.717) is 11.1 Å². The number of benzene rings is 2. The Morgan fingerprint density at radius 1 is 1.10 bits per heavy atom. The molecule has 0 radical (unpaired) electrons. The van der Waals surface area contributed by atoms with Gasteiger partial charge in [-0.05, 0) is 38.1 Å².